The normalized spacial score (nSPS) is 12.6. The first-order valence-electron chi connectivity index (χ1n) is 3.82. The summed E-state index contributed by atoms with van der Waals surface area (Å²) in [5, 5.41) is 0.711. The first-order valence-corrected chi connectivity index (χ1v) is 4.20. The second-order valence-electron chi connectivity index (χ2n) is 2.74. The third-order valence-electron chi connectivity index (χ3n) is 1.33. The number of nitrogens with two attached hydrogens (primary N) is 1. The molecule has 0 saturated carbocycles. The van der Waals surface area contributed by atoms with Crippen LogP contribution in [0.25, 0.3) is 0 Å². The Morgan fingerprint density at radius 2 is 2.00 bits per heavy atom. The van der Waals surface area contributed by atoms with E-state index >= 15 is 0 Å². The lowest BCUT2D eigenvalue weighted by molar-refractivity contribution is 0.296. The summed E-state index contributed by atoms with van der Waals surface area (Å²) in [6.07, 6.45) is 0. The predicted molar refractivity (Wildman–Crippen MR) is 50.6 cm³/mol. The molecule has 0 aliphatic rings. The molecule has 1 aromatic carbocycles. The van der Waals surface area contributed by atoms with Gasteiger partial charge in [0, 0.05) is 11.1 Å². The van der Waals surface area contributed by atoms with Crippen LogP contribution in [0.3, 0.4) is 0 Å². The maximum absolute atomic E-state index is 5.69. The molecule has 2 nitrogen and oxygen atoms in total. The van der Waals surface area contributed by atoms with Crippen LogP contribution in [-0.4, -0.2) is 12.6 Å². The molecular weight excluding hydrogens is 174 g/mol. The van der Waals surface area contributed by atoms with E-state index in [9.17, 15) is 0 Å². The molecule has 1 atom stereocenters. The Labute approximate surface area is 77.3 Å². The van der Waals surface area contributed by atoms with Crippen molar-refractivity contribution in [2.75, 3.05) is 6.61 Å². The molecule has 0 amide bonds. The van der Waals surface area contributed by atoms with Gasteiger partial charge in [0.1, 0.15) is 12.4 Å². The summed E-state index contributed by atoms with van der Waals surface area (Å²) in [5.41, 5.74) is 5.52. The fourth-order valence-corrected chi connectivity index (χ4v) is 0.884. The van der Waals surface area contributed by atoms with Crippen LogP contribution in [0.4, 0.5) is 0 Å². The van der Waals surface area contributed by atoms with Gasteiger partial charge in [-0.3, -0.25) is 0 Å². The van der Waals surface area contributed by atoms with Gasteiger partial charge in [-0.05, 0) is 31.2 Å². The smallest absolute Gasteiger partial charge is 0.119 e. The number of halogens is 1. The summed E-state index contributed by atoms with van der Waals surface area (Å²) >= 11 is 5.69. The summed E-state index contributed by atoms with van der Waals surface area (Å²) in [7, 11) is 0. The summed E-state index contributed by atoms with van der Waals surface area (Å²) in [4.78, 5) is 0. The minimum Gasteiger partial charge on any atom is -0.492 e. The van der Waals surface area contributed by atoms with Crippen LogP contribution in [0.2, 0.25) is 5.02 Å². The van der Waals surface area contributed by atoms with E-state index in [4.69, 9.17) is 22.1 Å². The van der Waals surface area contributed by atoms with Crippen molar-refractivity contribution in [1.29, 1.82) is 0 Å². The van der Waals surface area contributed by atoms with Gasteiger partial charge in [-0.2, -0.15) is 0 Å². The number of benzene rings is 1. The number of ether oxygens (including phenoxy) is 1. The second-order valence-corrected chi connectivity index (χ2v) is 3.18. The molecule has 1 rings (SSSR count). The maximum Gasteiger partial charge on any atom is 0.119 e. The lowest BCUT2D eigenvalue weighted by atomic mass is 10.3. The van der Waals surface area contributed by atoms with Crippen molar-refractivity contribution in [2.45, 2.75) is 13.0 Å². The van der Waals surface area contributed by atoms with E-state index in [0.717, 1.165) is 5.75 Å². The van der Waals surface area contributed by atoms with Crippen LogP contribution in [0, 0.1) is 0 Å². The zero-order chi connectivity index (χ0) is 8.97. The summed E-state index contributed by atoms with van der Waals surface area (Å²) < 4.78 is 5.34. The first-order chi connectivity index (χ1) is 5.68. The molecule has 0 fully saturated rings. The van der Waals surface area contributed by atoms with Crippen LogP contribution in [0.15, 0.2) is 24.3 Å². The summed E-state index contributed by atoms with van der Waals surface area (Å²) in [5.74, 6) is 0.803. The molecule has 66 valence electrons. The highest BCUT2D eigenvalue weighted by Gasteiger charge is 1.96. The highest BCUT2D eigenvalue weighted by Crippen LogP contribution is 2.15. The van der Waals surface area contributed by atoms with E-state index < -0.39 is 0 Å². The van der Waals surface area contributed by atoms with Crippen molar-refractivity contribution in [3.63, 3.8) is 0 Å². The van der Waals surface area contributed by atoms with Crippen LogP contribution >= 0.6 is 11.6 Å². The Morgan fingerprint density at radius 3 is 2.50 bits per heavy atom. The van der Waals surface area contributed by atoms with Crippen molar-refractivity contribution >= 4 is 11.6 Å². The molecule has 0 aliphatic carbocycles. The topological polar surface area (TPSA) is 35.2 Å². The van der Waals surface area contributed by atoms with E-state index in [0.29, 0.717) is 11.6 Å². The molecular formula is C9H12ClNO. The molecule has 0 heterocycles. The van der Waals surface area contributed by atoms with Gasteiger partial charge in [0.05, 0.1) is 0 Å². The molecule has 0 spiro atoms. The van der Waals surface area contributed by atoms with Crippen molar-refractivity contribution < 1.29 is 4.74 Å². The molecule has 12 heavy (non-hydrogen) atoms. The van der Waals surface area contributed by atoms with Crippen molar-refractivity contribution in [3.05, 3.63) is 29.3 Å². The third-order valence-corrected chi connectivity index (χ3v) is 1.58. The van der Waals surface area contributed by atoms with Gasteiger partial charge in [0.2, 0.25) is 0 Å². The largest absolute Gasteiger partial charge is 0.492 e. The minimum absolute atomic E-state index is 0.0562. The zero-order valence-corrected chi connectivity index (χ0v) is 7.71. The summed E-state index contributed by atoms with van der Waals surface area (Å²) in [6, 6.07) is 7.28. The molecule has 3 heteroatoms. The average Bonchev–Trinajstić information content (AvgIpc) is 2.03. The van der Waals surface area contributed by atoms with Gasteiger partial charge in [-0.1, -0.05) is 11.6 Å². The van der Waals surface area contributed by atoms with Gasteiger partial charge in [0.25, 0.3) is 0 Å². The Kier molecular flexibility index (Phi) is 3.38. The van der Waals surface area contributed by atoms with Crippen LogP contribution in [-0.2, 0) is 0 Å². The maximum atomic E-state index is 5.69. The Morgan fingerprint density at radius 1 is 1.42 bits per heavy atom. The molecule has 0 radical (unpaired) electrons. The lowest BCUT2D eigenvalue weighted by Gasteiger charge is -2.07. The zero-order valence-electron chi connectivity index (χ0n) is 6.96. The quantitative estimate of drug-likeness (QED) is 0.783. The fourth-order valence-electron chi connectivity index (χ4n) is 0.758. The van der Waals surface area contributed by atoms with Gasteiger partial charge < -0.3 is 10.5 Å². The fraction of sp³-hybridized carbons (Fsp3) is 0.333. The Hall–Kier alpha value is -0.730. The second kappa shape index (κ2) is 4.33. The van der Waals surface area contributed by atoms with Crippen LogP contribution < -0.4 is 10.5 Å². The van der Waals surface area contributed by atoms with Crippen LogP contribution in [0.5, 0.6) is 5.75 Å². The van der Waals surface area contributed by atoms with Gasteiger partial charge >= 0.3 is 0 Å². The Bertz CT molecular complexity index is 233. The molecule has 0 bridgehead atoms. The SMILES string of the molecule is C[C@@H](N)COc1ccc(Cl)cc1. The first kappa shape index (κ1) is 9.36. The molecule has 0 aromatic heterocycles. The lowest BCUT2D eigenvalue weighted by Crippen LogP contribution is -2.23. The highest BCUT2D eigenvalue weighted by atomic mass is 35.5. The number of rotatable bonds is 3. The molecule has 1 aromatic rings. The monoisotopic (exact) mass is 185 g/mol. The minimum atomic E-state index is 0.0562. The number of hydrogen-bond donors (Lipinski definition) is 1. The molecule has 0 unspecified atom stereocenters. The molecule has 2 N–H and O–H groups in total. The van der Waals surface area contributed by atoms with E-state index in [1.807, 2.05) is 19.1 Å². The molecule has 0 aliphatic heterocycles. The average molecular weight is 186 g/mol. The van der Waals surface area contributed by atoms with Crippen molar-refractivity contribution in [1.82, 2.24) is 0 Å². The molecule has 0 saturated heterocycles. The van der Waals surface area contributed by atoms with Crippen molar-refractivity contribution in [3.8, 4) is 5.75 Å². The van der Waals surface area contributed by atoms with Crippen molar-refractivity contribution in [2.24, 2.45) is 5.73 Å². The van der Waals surface area contributed by atoms with E-state index in [1.165, 1.54) is 0 Å². The number of hydrogen-bond acceptors (Lipinski definition) is 2. The predicted octanol–water partition coefficient (Wildman–Crippen LogP) is 2.07. The van der Waals surface area contributed by atoms with Gasteiger partial charge in [-0.25, -0.2) is 0 Å². The third kappa shape index (κ3) is 3.11. The van der Waals surface area contributed by atoms with Gasteiger partial charge in [-0.15, -0.1) is 0 Å². The van der Waals surface area contributed by atoms with Gasteiger partial charge in [0.15, 0.2) is 0 Å². The van der Waals surface area contributed by atoms with E-state index in [-0.39, 0.29) is 6.04 Å². The summed E-state index contributed by atoms with van der Waals surface area (Å²) in [6.45, 7) is 2.43. The van der Waals surface area contributed by atoms with Crippen LogP contribution in [0.1, 0.15) is 6.92 Å². The Balaban J connectivity index is 2.48. The van der Waals surface area contributed by atoms with E-state index in [2.05, 4.69) is 0 Å². The standard InChI is InChI=1S/C9H12ClNO/c1-7(11)6-12-9-4-2-8(10)3-5-9/h2-5,7H,6,11H2,1H3/t7-/m1/s1. The van der Waals surface area contributed by atoms with E-state index in [1.54, 1.807) is 12.1 Å². The highest BCUT2D eigenvalue weighted by molar-refractivity contribution is 6.30.